The van der Waals surface area contributed by atoms with E-state index in [2.05, 4.69) is 5.10 Å². The van der Waals surface area contributed by atoms with Gasteiger partial charge in [-0.15, -0.1) is 0 Å². The van der Waals surface area contributed by atoms with E-state index in [0.717, 1.165) is 28.8 Å². The third kappa shape index (κ3) is 2.94. The normalized spacial score (nSPS) is 13.2. The van der Waals surface area contributed by atoms with Gasteiger partial charge in [-0.3, -0.25) is 14.3 Å². The molecule has 0 radical (unpaired) electrons. The topological polar surface area (TPSA) is 64.4 Å². The van der Waals surface area contributed by atoms with Gasteiger partial charge in [-0.2, -0.15) is 5.10 Å². The van der Waals surface area contributed by atoms with Crippen LogP contribution in [0.1, 0.15) is 38.9 Å². The van der Waals surface area contributed by atoms with Gasteiger partial charge in [0.2, 0.25) is 0 Å². The smallest absolute Gasteiger partial charge is 0.266 e. The summed E-state index contributed by atoms with van der Waals surface area (Å²) in [5.74, 6) is -1.52. The van der Waals surface area contributed by atoms with Crippen LogP contribution in [0.25, 0.3) is 0 Å². The zero-order valence-electron chi connectivity index (χ0n) is 15.5. The van der Waals surface area contributed by atoms with Crippen molar-refractivity contribution in [3.8, 4) is 5.75 Å². The van der Waals surface area contributed by atoms with Crippen LogP contribution >= 0.6 is 0 Å². The number of rotatable bonds is 5. The number of aromatic nitrogens is 2. The van der Waals surface area contributed by atoms with E-state index in [1.165, 1.54) is 12.1 Å². The molecule has 0 atom stereocenters. The molecule has 1 aromatic heterocycles. The van der Waals surface area contributed by atoms with Crippen molar-refractivity contribution in [1.82, 2.24) is 9.78 Å². The quantitative estimate of drug-likeness (QED) is 0.634. The van der Waals surface area contributed by atoms with Crippen LogP contribution in [0, 0.1) is 12.7 Å². The molecule has 142 valence electrons. The molecular formula is C21H18FN3O3. The fourth-order valence-corrected chi connectivity index (χ4v) is 3.19. The molecule has 7 heteroatoms. The highest BCUT2D eigenvalue weighted by molar-refractivity contribution is 6.34. The second-order valence-corrected chi connectivity index (χ2v) is 6.49. The van der Waals surface area contributed by atoms with Crippen molar-refractivity contribution in [3.63, 3.8) is 0 Å². The summed E-state index contributed by atoms with van der Waals surface area (Å²) in [4.78, 5) is 26.0. The molecule has 0 saturated heterocycles. The van der Waals surface area contributed by atoms with E-state index in [1.54, 1.807) is 28.9 Å². The Morgan fingerprint density at radius 1 is 1.07 bits per heavy atom. The van der Waals surface area contributed by atoms with Gasteiger partial charge < -0.3 is 4.74 Å². The summed E-state index contributed by atoms with van der Waals surface area (Å²) < 4.78 is 21.9. The lowest BCUT2D eigenvalue weighted by molar-refractivity contribution is 0.0926. The average molecular weight is 379 g/mol. The number of carbonyl (C=O) groups is 2. The van der Waals surface area contributed by atoms with Crippen LogP contribution in [0.4, 0.5) is 10.1 Å². The van der Waals surface area contributed by atoms with Crippen molar-refractivity contribution < 1.29 is 18.7 Å². The Kier molecular flexibility index (Phi) is 4.43. The first kappa shape index (κ1) is 17.9. The molecule has 0 fully saturated rings. The van der Waals surface area contributed by atoms with Gasteiger partial charge in [-0.25, -0.2) is 9.29 Å². The minimum atomic E-state index is -0.644. The molecule has 2 amide bonds. The van der Waals surface area contributed by atoms with Crippen molar-refractivity contribution in [2.45, 2.75) is 27.0 Å². The van der Waals surface area contributed by atoms with Crippen molar-refractivity contribution in [2.24, 2.45) is 0 Å². The van der Waals surface area contributed by atoms with Gasteiger partial charge >= 0.3 is 0 Å². The average Bonchev–Trinajstić information content (AvgIpc) is 3.18. The molecule has 2 aromatic carbocycles. The lowest BCUT2D eigenvalue weighted by atomic mass is 10.1. The highest BCUT2D eigenvalue weighted by atomic mass is 19.1. The Morgan fingerprint density at radius 2 is 1.75 bits per heavy atom. The van der Waals surface area contributed by atoms with Crippen molar-refractivity contribution in [2.75, 3.05) is 4.90 Å². The summed E-state index contributed by atoms with van der Waals surface area (Å²) in [6.07, 6.45) is 1.86. The Bertz CT molecular complexity index is 1060. The molecule has 0 aliphatic carbocycles. The van der Waals surface area contributed by atoms with Gasteiger partial charge in [0.15, 0.2) is 11.6 Å². The number of hydrogen-bond donors (Lipinski definition) is 0. The summed E-state index contributed by atoms with van der Waals surface area (Å²) in [6, 6.07) is 10.6. The minimum absolute atomic E-state index is 0.0454. The number of halogens is 1. The van der Waals surface area contributed by atoms with Gasteiger partial charge in [0, 0.05) is 24.4 Å². The number of fused-ring (bicyclic) bond motifs is 1. The van der Waals surface area contributed by atoms with Crippen LogP contribution < -0.4 is 9.64 Å². The Labute approximate surface area is 161 Å². The number of anilines is 1. The lowest BCUT2D eigenvalue weighted by Crippen LogP contribution is -2.29. The molecule has 3 aromatic rings. The maximum Gasteiger partial charge on any atom is 0.266 e. The molecule has 1 aliphatic rings. The van der Waals surface area contributed by atoms with E-state index in [0.29, 0.717) is 11.1 Å². The van der Waals surface area contributed by atoms with Crippen LogP contribution in [0.5, 0.6) is 5.75 Å². The van der Waals surface area contributed by atoms with Crippen LogP contribution in [-0.4, -0.2) is 21.6 Å². The highest BCUT2D eigenvalue weighted by Gasteiger charge is 2.36. The molecule has 0 bridgehead atoms. The Morgan fingerprint density at radius 3 is 2.32 bits per heavy atom. The number of nitrogens with zero attached hydrogens (tertiary/aromatic N) is 3. The van der Waals surface area contributed by atoms with Crippen LogP contribution in [0.15, 0.2) is 48.7 Å². The van der Waals surface area contributed by atoms with Gasteiger partial charge in [-0.1, -0.05) is 12.1 Å². The Hall–Kier alpha value is -3.48. The van der Waals surface area contributed by atoms with E-state index >= 15 is 0 Å². The molecular weight excluding hydrogens is 361 g/mol. The van der Waals surface area contributed by atoms with Crippen molar-refractivity contribution in [3.05, 3.63) is 76.9 Å². The maximum atomic E-state index is 14.6. The first-order valence-electron chi connectivity index (χ1n) is 8.92. The summed E-state index contributed by atoms with van der Waals surface area (Å²) in [7, 11) is 0. The zero-order chi connectivity index (χ0) is 19.8. The number of aryl methyl sites for hydroxylation is 2. The predicted octanol–water partition coefficient (Wildman–Crippen LogP) is 3.73. The molecule has 1 aliphatic heterocycles. The molecule has 6 nitrogen and oxygen atoms in total. The molecule has 0 unspecified atom stereocenters. The zero-order valence-corrected chi connectivity index (χ0v) is 15.5. The van der Waals surface area contributed by atoms with Gasteiger partial charge in [-0.05, 0) is 38.1 Å². The Balaban J connectivity index is 1.54. The molecule has 0 saturated carbocycles. The molecule has 4 rings (SSSR count). The van der Waals surface area contributed by atoms with Gasteiger partial charge in [0.1, 0.15) is 6.61 Å². The fraction of sp³-hybridized carbons (Fsp3) is 0.190. The molecule has 2 heterocycles. The monoisotopic (exact) mass is 379 g/mol. The summed E-state index contributed by atoms with van der Waals surface area (Å²) in [6.45, 7) is 4.76. The van der Waals surface area contributed by atoms with Crippen LogP contribution in [0.3, 0.4) is 0 Å². The van der Waals surface area contributed by atoms with E-state index in [1.807, 2.05) is 20.0 Å². The largest absolute Gasteiger partial charge is 0.486 e. The predicted molar refractivity (Wildman–Crippen MR) is 101 cm³/mol. The third-order valence-corrected chi connectivity index (χ3v) is 4.72. The number of ether oxygens (including phenoxy) is 1. The maximum absolute atomic E-state index is 14.6. The van der Waals surface area contributed by atoms with Crippen LogP contribution in [-0.2, 0) is 13.2 Å². The van der Waals surface area contributed by atoms with Crippen LogP contribution in [0.2, 0.25) is 0 Å². The fourth-order valence-electron chi connectivity index (χ4n) is 3.19. The number of imide groups is 1. The van der Waals surface area contributed by atoms with E-state index in [-0.39, 0.29) is 18.0 Å². The first-order chi connectivity index (χ1) is 13.5. The van der Waals surface area contributed by atoms with E-state index in [4.69, 9.17) is 4.74 Å². The summed E-state index contributed by atoms with van der Waals surface area (Å²) in [5.41, 5.74) is 2.50. The highest BCUT2D eigenvalue weighted by Crippen LogP contribution is 2.31. The second-order valence-electron chi connectivity index (χ2n) is 6.49. The molecule has 0 N–H and O–H groups in total. The lowest BCUT2D eigenvalue weighted by Gasteiger charge is -2.15. The van der Waals surface area contributed by atoms with E-state index in [9.17, 15) is 14.0 Å². The molecule has 0 spiro atoms. The number of benzene rings is 2. The number of carbonyl (C=O) groups excluding carboxylic acids is 2. The third-order valence-electron chi connectivity index (χ3n) is 4.72. The van der Waals surface area contributed by atoms with Gasteiger partial charge in [0.05, 0.1) is 22.5 Å². The second kappa shape index (κ2) is 6.92. The summed E-state index contributed by atoms with van der Waals surface area (Å²) in [5, 5.41) is 4.33. The first-order valence-corrected chi connectivity index (χ1v) is 8.92. The van der Waals surface area contributed by atoms with Gasteiger partial charge in [0.25, 0.3) is 11.8 Å². The number of hydrogen-bond acceptors (Lipinski definition) is 4. The molecule has 28 heavy (non-hydrogen) atoms. The van der Waals surface area contributed by atoms with Crippen molar-refractivity contribution in [1.29, 1.82) is 0 Å². The van der Waals surface area contributed by atoms with Crippen molar-refractivity contribution >= 4 is 17.5 Å². The SMILES string of the molecule is CCn1cc(COc2ccc(N3C(=O)c4ccccc4C3=O)cc2F)c(C)n1. The number of amides is 2. The van der Waals surface area contributed by atoms with E-state index < -0.39 is 17.6 Å². The summed E-state index contributed by atoms with van der Waals surface area (Å²) >= 11 is 0. The standard InChI is InChI=1S/C21H18FN3O3/c1-3-24-11-14(13(2)23-24)12-28-19-9-8-15(10-18(19)22)25-20(26)16-6-4-5-7-17(16)21(25)27/h4-11H,3,12H2,1-2H3. The minimum Gasteiger partial charge on any atom is -0.486 e.